The summed E-state index contributed by atoms with van der Waals surface area (Å²) in [6.45, 7) is 12.7. The molecule has 21 heavy (non-hydrogen) atoms. The van der Waals surface area contributed by atoms with Gasteiger partial charge in [-0.3, -0.25) is 0 Å². The Kier molecular flexibility index (Phi) is 8.40. The molecule has 3 heteroatoms. The Balaban J connectivity index is 2.80. The van der Waals surface area contributed by atoms with Crippen LogP contribution in [-0.4, -0.2) is 33.4 Å². The van der Waals surface area contributed by atoms with Crippen molar-refractivity contribution in [3.63, 3.8) is 0 Å². The number of methoxy groups -OCH3 is 1. The summed E-state index contributed by atoms with van der Waals surface area (Å²) in [5.74, 6) is 0.645. The van der Waals surface area contributed by atoms with Crippen LogP contribution in [-0.2, 0) is 4.74 Å². The van der Waals surface area contributed by atoms with Gasteiger partial charge in [-0.1, -0.05) is 39.8 Å². The molecule has 0 saturated heterocycles. The van der Waals surface area contributed by atoms with Gasteiger partial charge >= 0.3 is 0 Å². The lowest BCUT2D eigenvalue weighted by Crippen LogP contribution is -2.31. The SMILES string of the molecule is CCNC(CC)c1ccc(N(CCOC)CC(C)C)cc1. The van der Waals surface area contributed by atoms with Crippen molar-refractivity contribution in [1.29, 1.82) is 0 Å². The standard InChI is InChI=1S/C18H32N2O/c1-6-18(19-7-2)16-8-10-17(11-9-16)20(12-13-21-5)14-15(3)4/h8-11,15,18-19H,6-7,12-14H2,1-5H3. The van der Waals surface area contributed by atoms with E-state index in [-0.39, 0.29) is 0 Å². The van der Waals surface area contributed by atoms with Crippen LogP contribution in [0.3, 0.4) is 0 Å². The third-order valence-electron chi connectivity index (χ3n) is 3.67. The highest BCUT2D eigenvalue weighted by molar-refractivity contribution is 5.48. The van der Waals surface area contributed by atoms with Crippen molar-refractivity contribution in [2.75, 3.05) is 38.3 Å². The van der Waals surface area contributed by atoms with Crippen LogP contribution in [0.2, 0.25) is 0 Å². The molecular formula is C18H32N2O. The number of hydrogen-bond acceptors (Lipinski definition) is 3. The molecule has 0 bridgehead atoms. The normalized spacial score (nSPS) is 12.7. The lowest BCUT2D eigenvalue weighted by molar-refractivity contribution is 0.204. The molecule has 0 radical (unpaired) electrons. The first-order valence-corrected chi connectivity index (χ1v) is 8.19. The van der Waals surface area contributed by atoms with Crippen molar-refractivity contribution in [1.82, 2.24) is 5.32 Å². The van der Waals surface area contributed by atoms with Gasteiger partial charge in [-0.05, 0) is 36.6 Å². The average Bonchev–Trinajstić information content (AvgIpc) is 2.49. The first-order chi connectivity index (χ1) is 10.1. The molecule has 1 aromatic rings. The summed E-state index contributed by atoms with van der Waals surface area (Å²) in [6, 6.07) is 9.46. The largest absolute Gasteiger partial charge is 0.383 e. The van der Waals surface area contributed by atoms with E-state index in [1.54, 1.807) is 7.11 Å². The van der Waals surface area contributed by atoms with Crippen molar-refractivity contribution in [2.45, 2.75) is 40.2 Å². The molecule has 0 heterocycles. The summed E-state index contributed by atoms with van der Waals surface area (Å²) >= 11 is 0. The monoisotopic (exact) mass is 292 g/mol. The van der Waals surface area contributed by atoms with E-state index >= 15 is 0 Å². The van der Waals surface area contributed by atoms with E-state index in [1.807, 2.05) is 0 Å². The first kappa shape index (κ1) is 18.0. The summed E-state index contributed by atoms with van der Waals surface area (Å²) < 4.78 is 5.24. The van der Waals surface area contributed by atoms with Gasteiger partial charge in [-0.25, -0.2) is 0 Å². The third-order valence-corrected chi connectivity index (χ3v) is 3.67. The Labute approximate surface area is 130 Å². The number of nitrogens with one attached hydrogen (secondary N) is 1. The van der Waals surface area contributed by atoms with E-state index in [0.29, 0.717) is 12.0 Å². The molecule has 0 aliphatic heterocycles. The van der Waals surface area contributed by atoms with Gasteiger partial charge in [0.25, 0.3) is 0 Å². The maximum atomic E-state index is 5.24. The first-order valence-electron chi connectivity index (χ1n) is 8.19. The Hall–Kier alpha value is -1.06. The van der Waals surface area contributed by atoms with E-state index in [4.69, 9.17) is 4.74 Å². The van der Waals surface area contributed by atoms with Gasteiger partial charge in [0.2, 0.25) is 0 Å². The van der Waals surface area contributed by atoms with E-state index in [1.165, 1.54) is 11.3 Å². The highest BCUT2D eigenvalue weighted by Crippen LogP contribution is 2.22. The van der Waals surface area contributed by atoms with Gasteiger partial charge in [0.05, 0.1) is 6.61 Å². The van der Waals surface area contributed by atoms with Gasteiger partial charge in [0.1, 0.15) is 0 Å². The van der Waals surface area contributed by atoms with E-state index < -0.39 is 0 Å². The molecule has 1 atom stereocenters. The van der Waals surface area contributed by atoms with Crippen LogP contribution in [0.25, 0.3) is 0 Å². The molecule has 0 spiro atoms. The second-order valence-electron chi connectivity index (χ2n) is 5.94. The van der Waals surface area contributed by atoms with Crippen LogP contribution in [0, 0.1) is 5.92 Å². The molecule has 1 unspecified atom stereocenters. The fraction of sp³-hybridized carbons (Fsp3) is 0.667. The molecule has 1 aromatic carbocycles. The molecule has 120 valence electrons. The Bertz CT molecular complexity index is 375. The Morgan fingerprint density at radius 3 is 2.29 bits per heavy atom. The molecule has 1 rings (SSSR count). The summed E-state index contributed by atoms with van der Waals surface area (Å²) in [6.07, 6.45) is 1.12. The smallest absolute Gasteiger partial charge is 0.0637 e. The second-order valence-corrected chi connectivity index (χ2v) is 5.94. The molecule has 0 amide bonds. The quantitative estimate of drug-likeness (QED) is 0.709. The zero-order chi connectivity index (χ0) is 15.7. The van der Waals surface area contributed by atoms with Crippen LogP contribution in [0.5, 0.6) is 0 Å². The minimum absolute atomic E-state index is 0.460. The molecular weight excluding hydrogens is 260 g/mol. The molecule has 0 aliphatic rings. The van der Waals surface area contributed by atoms with Crippen molar-refractivity contribution < 1.29 is 4.74 Å². The van der Waals surface area contributed by atoms with Crippen molar-refractivity contribution >= 4 is 5.69 Å². The number of nitrogens with zero attached hydrogens (tertiary/aromatic N) is 1. The lowest BCUT2D eigenvalue weighted by atomic mass is 10.0. The van der Waals surface area contributed by atoms with E-state index in [2.05, 4.69) is 62.2 Å². The summed E-state index contributed by atoms with van der Waals surface area (Å²) in [4.78, 5) is 2.41. The molecule has 3 nitrogen and oxygen atoms in total. The number of ether oxygens (including phenoxy) is 1. The fourth-order valence-electron chi connectivity index (χ4n) is 2.63. The molecule has 0 aliphatic carbocycles. The molecule has 0 aromatic heterocycles. The van der Waals surface area contributed by atoms with Gasteiger partial charge in [0, 0.05) is 31.9 Å². The summed E-state index contributed by atoms with van der Waals surface area (Å²) in [5.41, 5.74) is 2.66. The maximum absolute atomic E-state index is 5.24. The zero-order valence-corrected chi connectivity index (χ0v) is 14.4. The number of benzene rings is 1. The van der Waals surface area contributed by atoms with Crippen LogP contribution >= 0.6 is 0 Å². The summed E-state index contributed by atoms with van der Waals surface area (Å²) in [5, 5.41) is 3.53. The van der Waals surface area contributed by atoms with E-state index in [9.17, 15) is 0 Å². The highest BCUT2D eigenvalue weighted by Gasteiger charge is 2.11. The maximum Gasteiger partial charge on any atom is 0.0637 e. The second kappa shape index (κ2) is 9.80. The summed E-state index contributed by atoms with van der Waals surface area (Å²) in [7, 11) is 1.76. The predicted octanol–water partition coefficient (Wildman–Crippen LogP) is 3.86. The minimum atomic E-state index is 0.460. The van der Waals surface area contributed by atoms with Crippen LogP contribution in [0.4, 0.5) is 5.69 Å². The average molecular weight is 292 g/mol. The predicted molar refractivity (Wildman–Crippen MR) is 92.1 cm³/mol. The van der Waals surface area contributed by atoms with Crippen LogP contribution in [0.1, 0.15) is 45.7 Å². The lowest BCUT2D eigenvalue weighted by Gasteiger charge is -2.27. The molecule has 0 fully saturated rings. The van der Waals surface area contributed by atoms with Crippen LogP contribution < -0.4 is 10.2 Å². The van der Waals surface area contributed by atoms with Crippen molar-refractivity contribution in [2.24, 2.45) is 5.92 Å². The van der Waals surface area contributed by atoms with Crippen molar-refractivity contribution in [3.05, 3.63) is 29.8 Å². The van der Waals surface area contributed by atoms with Gasteiger partial charge in [0.15, 0.2) is 0 Å². The van der Waals surface area contributed by atoms with Gasteiger partial charge in [-0.2, -0.15) is 0 Å². The fourth-order valence-corrected chi connectivity index (χ4v) is 2.63. The topological polar surface area (TPSA) is 24.5 Å². The molecule has 0 saturated carbocycles. The third kappa shape index (κ3) is 6.06. The van der Waals surface area contributed by atoms with Gasteiger partial charge < -0.3 is 15.0 Å². The zero-order valence-electron chi connectivity index (χ0n) is 14.4. The van der Waals surface area contributed by atoms with Crippen molar-refractivity contribution in [3.8, 4) is 0 Å². The van der Waals surface area contributed by atoms with E-state index in [0.717, 1.165) is 32.7 Å². The minimum Gasteiger partial charge on any atom is -0.383 e. The Morgan fingerprint density at radius 1 is 1.14 bits per heavy atom. The number of hydrogen-bond donors (Lipinski definition) is 1. The van der Waals surface area contributed by atoms with Crippen LogP contribution in [0.15, 0.2) is 24.3 Å². The number of anilines is 1. The number of rotatable bonds is 10. The highest BCUT2D eigenvalue weighted by atomic mass is 16.5. The molecule has 1 N–H and O–H groups in total. The van der Waals surface area contributed by atoms with Gasteiger partial charge in [-0.15, -0.1) is 0 Å². The Morgan fingerprint density at radius 2 is 1.81 bits per heavy atom.